The van der Waals surface area contributed by atoms with Crippen LogP contribution in [-0.4, -0.2) is 37.2 Å². The van der Waals surface area contributed by atoms with E-state index in [1.165, 1.54) is 250 Å². The third-order valence-electron chi connectivity index (χ3n) is 15.4. The van der Waals surface area contributed by atoms with Gasteiger partial charge in [-0.1, -0.05) is 324 Å². The molecule has 2 unspecified atom stereocenters. The molecule has 0 saturated heterocycles. The van der Waals surface area contributed by atoms with E-state index >= 15 is 0 Å². The predicted octanol–water partition coefficient (Wildman–Crippen LogP) is 21.2. The Balaban J connectivity index is 4.21. The van der Waals surface area contributed by atoms with E-state index in [4.69, 9.17) is 14.2 Å². The largest absolute Gasteiger partial charge is 0.462 e. The van der Waals surface area contributed by atoms with E-state index in [0.29, 0.717) is 19.3 Å². The first kappa shape index (κ1) is 68.4. The van der Waals surface area contributed by atoms with Gasteiger partial charge < -0.3 is 14.2 Å². The quantitative estimate of drug-likeness (QED) is 0.0343. The second-order valence-electron chi connectivity index (χ2n) is 22.5. The summed E-state index contributed by atoms with van der Waals surface area (Å²) in [6, 6.07) is 0. The number of hydrogen-bond acceptors (Lipinski definition) is 6. The van der Waals surface area contributed by atoms with Crippen LogP contribution in [0.15, 0.2) is 0 Å². The number of unbranched alkanes of at least 4 members (excludes halogenated alkanes) is 41. The van der Waals surface area contributed by atoms with E-state index in [1.807, 2.05) is 0 Å². The highest BCUT2D eigenvalue weighted by molar-refractivity contribution is 5.71. The molecule has 0 aromatic rings. The zero-order chi connectivity index (χ0) is 51.1. The first-order chi connectivity index (χ1) is 34.3. The van der Waals surface area contributed by atoms with E-state index in [9.17, 15) is 14.4 Å². The van der Waals surface area contributed by atoms with Gasteiger partial charge in [-0.15, -0.1) is 0 Å². The standard InChI is InChI=1S/C64H124O6/c1-6-9-10-11-12-13-14-29-36-41-46-51-56-64(67)70-61(58-69-63(66)55-50-45-40-35-31-26-22-21-24-28-33-38-43-48-53-60(5)8-3)57-68-62(65)54-49-44-39-34-30-25-20-18-16-15-17-19-23-27-32-37-42-47-52-59(4)7-2/h59-61H,6-58H2,1-5H3/t59?,60?,61-/m0/s1. The summed E-state index contributed by atoms with van der Waals surface area (Å²) < 4.78 is 16.9. The number of rotatable bonds is 58. The molecule has 416 valence electrons. The summed E-state index contributed by atoms with van der Waals surface area (Å²) in [7, 11) is 0. The first-order valence-corrected chi connectivity index (χ1v) is 31.8. The molecule has 0 rings (SSSR count). The average Bonchev–Trinajstić information content (AvgIpc) is 3.36. The zero-order valence-electron chi connectivity index (χ0n) is 48.2. The summed E-state index contributed by atoms with van der Waals surface area (Å²) in [5.74, 6) is 0.973. The maximum atomic E-state index is 12.9. The molecular formula is C64H124O6. The summed E-state index contributed by atoms with van der Waals surface area (Å²) in [4.78, 5) is 38.2. The Morgan fingerprint density at radius 2 is 0.500 bits per heavy atom. The lowest BCUT2D eigenvalue weighted by Gasteiger charge is -2.18. The molecular weight excluding hydrogens is 865 g/mol. The third kappa shape index (κ3) is 54.2. The second kappa shape index (κ2) is 56.7. The molecule has 3 atom stereocenters. The molecule has 0 radical (unpaired) electrons. The first-order valence-electron chi connectivity index (χ1n) is 31.8. The summed E-state index contributed by atoms with van der Waals surface area (Å²) in [6.07, 6.45) is 62.3. The van der Waals surface area contributed by atoms with Crippen molar-refractivity contribution < 1.29 is 28.6 Å². The van der Waals surface area contributed by atoms with Crippen molar-refractivity contribution in [1.29, 1.82) is 0 Å². The molecule has 6 heteroatoms. The lowest BCUT2D eigenvalue weighted by atomic mass is 9.99. The molecule has 0 spiro atoms. The predicted molar refractivity (Wildman–Crippen MR) is 303 cm³/mol. The molecule has 0 aromatic carbocycles. The molecule has 0 aliphatic heterocycles. The molecule has 0 fully saturated rings. The second-order valence-corrected chi connectivity index (χ2v) is 22.5. The summed E-state index contributed by atoms with van der Waals surface area (Å²) in [5, 5.41) is 0. The Bertz CT molecular complexity index is 1080. The van der Waals surface area contributed by atoms with Gasteiger partial charge in [-0.2, -0.15) is 0 Å². The molecule has 70 heavy (non-hydrogen) atoms. The van der Waals surface area contributed by atoms with Crippen molar-refractivity contribution in [2.24, 2.45) is 11.8 Å². The van der Waals surface area contributed by atoms with Crippen molar-refractivity contribution in [2.45, 2.75) is 368 Å². The third-order valence-corrected chi connectivity index (χ3v) is 15.4. The van der Waals surface area contributed by atoms with Gasteiger partial charge in [0.1, 0.15) is 13.2 Å². The Labute approximate surface area is 438 Å². The number of carbonyl (C=O) groups is 3. The lowest BCUT2D eigenvalue weighted by Crippen LogP contribution is -2.30. The van der Waals surface area contributed by atoms with Gasteiger partial charge in [0.2, 0.25) is 0 Å². The van der Waals surface area contributed by atoms with Crippen molar-refractivity contribution in [3.8, 4) is 0 Å². The Hall–Kier alpha value is -1.59. The van der Waals surface area contributed by atoms with Crippen LogP contribution in [0.4, 0.5) is 0 Å². The van der Waals surface area contributed by atoms with Crippen LogP contribution in [0.2, 0.25) is 0 Å². The molecule has 0 aromatic heterocycles. The summed E-state index contributed by atoms with van der Waals surface area (Å²) >= 11 is 0. The van der Waals surface area contributed by atoms with Gasteiger partial charge in [-0.05, 0) is 31.1 Å². The van der Waals surface area contributed by atoms with E-state index in [2.05, 4.69) is 34.6 Å². The maximum absolute atomic E-state index is 12.9. The fourth-order valence-corrected chi connectivity index (χ4v) is 9.87. The SMILES string of the molecule is CCCCCCCCCCCCCCC(=O)O[C@@H](COC(=O)CCCCCCCCCCCCCCCCCCCCC(C)CC)COC(=O)CCCCCCCCCCCCCCCCC(C)CC. The van der Waals surface area contributed by atoms with Crippen molar-refractivity contribution in [3.05, 3.63) is 0 Å². The van der Waals surface area contributed by atoms with Crippen LogP contribution >= 0.6 is 0 Å². The highest BCUT2D eigenvalue weighted by atomic mass is 16.6. The molecule has 6 nitrogen and oxygen atoms in total. The fraction of sp³-hybridized carbons (Fsp3) is 0.953. The van der Waals surface area contributed by atoms with Gasteiger partial charge in [0.15, 0.2) is 6.10 Å². The van der Waals surface area contributed by atoms with Crippen LogP contribution in [0.5, 0.6) is 0 Å². The maximum Gasteiger partial charge on any atom is 0.306 e. The van der Waals surface area contributed by atoms with Gasteiger partial charge in [-0.25, -0.2) is 0 Å². The van der Waals surface area contributed by atoms with Gasteiger partial charge in [-0.3, -0.25) is 14.4 Å². The minimum absolute atomic E-state index is 0.0619. The van der Waals surface area contributed by atoms with Crippen molar-refractivity contribution in [3.63, 3.8) is 0 Å². The molecule has 0 bridgehead atoms. The van der Waals surface area contributed by atoms with E-state index in [0.717, 1.165) is 69.6 Å². The van der Waals surface area contributed by atoms with Crippen molar-refractivity contribution >= 4 is 17.9 Å². The van der Waals surface area contributed by atoms with Crippen LogP contribution in [0.3, 0.4) is 0 Å². The molecule has 0 heterocycles. The van der Waals surface area contributed by atoms with Gasteiger partial charge in [0.05, 0.1) is 0 Å². The van der Waals surface area contributed by atoms with Crippen LogP contribution < -0.4 is 0 Å². The van der Waals surface area contributed by atoms with Crippen LogP contribution in [-0.2, 0) is 28.6 Å². The Morgan fingerprint density at radius 1 is 0.286 bits per heavy atom. The Kier molecular flexibility index (Phi) is 55.4. The van der Waals surface area contributed by atoms with E-state index in [1.54, 1.807) is 0 Å². The van der Waals surface area contributed by atoms with E-state index < -0.39 is 6.10 Å². The lowest BCUT2D eigenvalue weighted by molar-refractivity contribution is -0.167. The Morgan fingerprint density at radius 3 is 0.743 bits per heavy atom. The number of ether oxygens (including phenoxy) is 3. The number of hydrogen-bond donors (Lipinski definition) is 0. The highest BCUT2D eigenvalue weighted by Gasteiger charge is 2.19. The molecule has 0 aliphatic carbocycles. The van der Waals surface area contributed by atoms with Crippen molar-refractivity contribution in [2.75, 3.05) is 13.2 Å². The molecule has 0 aliphatic rings. The average molecular weight is 990 g/mol. The minimum Gasteiger partial charge on any atom is -0.462 e. The fourth-order valence-electron chi connectivity index (χ4n) is 9.87. The van der Waals surface area contributed by atoms with Crippen LogP contribution in [0.25, 0.3) is 0 Å². The smallest absolute Gasteiger partial charge is 0.306 e. The normalized spacial score (nSPS) is 12.8. The van der Waals surface area contributed by atoms with Gasteiger partial charge in [0.25, 0.3) is 0 Å². The molecule has 0 amide bonds. The summed E-state index contributed by atoms with van der Waals surface area (Å²) in [5.41, 5.74) is 0. The van der Waals surface area contributed by atoms with Crippen molar-refractivity contribution in [1.82, 2.24) is 0 Å². The zero-order valence-corrected chi connectivity index (χ0v) is 48.2. The minimum atomic E-state index is -0.763. The molecule has 0 saturated carbocycles. The number of carbonyl (C=O) groups excluding carboxylic acids is 3. The van der Waals surface area contributed by atoms with Crippen LogP contribution in [0, 0.1) is 11.8 Å². The van der Waals surface area contributed by atoms with Gasteiger partial charge >= 0.3 is 17.9 Å². The van der Waals surface area contributed by atoms with E-state index in [-0.39, 0.29) is 31.1 Å². The molecule has 0 N–H and O–H groups in total. The number of esters is 3. The topological polar surface area (TPSA) is 78.9 Å². The van der Waals surface area contributed by atoms with Crippen LogP contribution in [0.1, 0.15) is 362 Å². The highest BCUT2D eigenvalue weighted by Crippen LogP contribution is 2.20. The monoisotopic (exact) mass is 989 g/mol. The summed E-state index contributed by atoms with van der Waals surface area (Å²) in [6.45, 7) is 11.5. The van der Waals surface area contributed by atoms with Gasteiger partial charge in [0, 0.05) is 19.3 Å².